The number of hydrogen-bond donors (Lipinski definition) is 3. The highest BCUT2D eigenvalue weighted by Crippen LogP contribution is 2.36. The zero-order valence-electron chi connectivity index (χ0n) is 17.3. The molecule has 4 heterocycles. The largest absolute Gasteiger partial charge is 0.452 e. The lowest BCUT2D eigenvalue weighted by molar-refractivity contribution is 0.0897. The van der Waals surface area contributed by atoms with Crippen LogP contribution in [-0.4, -0.2) is 41.1 Å². The smallest absolute Gasteiger partial charge is 0.208 e. The molecule has 0 unspecified atom stereocenters. The van der Waals surface area contributed by atoms with Gasteiger partial charge < -0.3 is 20.3 Å². The van der Waals surface area contributed by atoms with Crippen molar-refractivity contribution in [3.8, 4) is 11.5 Å². The molecule has 164 valence electrons. The van der Waals surface area contributed by atoms with Crippen molar-refractivity contribution in [1.29, 1.82) is 0 Å². The van der Waals surface area contributed by atoms with Crippen LogP contribution in [0.5, 0.6) is 11.5 Å². The second-order valence-corrected chi connectivity index (χ2v) is 8.55. The Morgan fingerprint density at radius 2 is 2.00 bits per heavy atom. The number of aliphatic hydroxyl groups excluding tert-OH is 2. The second kappa shape index (κ2) is 10.0. The van der Waals surface area contributed by atoms with Gasteiger partial charge in [-0.2, -0.15) is 4.37 Å². The van der Waals surface area contributed by atoms with Crippen LogP contribution >= 0.6 is 23.3 Å². The van der Waals surface area contributed by atoms with E-state index in [1.54, 1.807) is 12.4 Å². The molecule has 11 heteroatoms. The van der Waals surface area contributed by atoms with E-state index in [1.165, 1.54) is 11.8 Å². The van der Waals surface area contributed by atoms with Gasteiger partial charge in [-0.05, 0) is 38.1 Å². The Labute approximate surface area is 192 Å². The molecule has 3 N–H and O–H groups in total. The molecule has 4 rings (SSSR count). The zero-order valence-corrected chi connectivity index (χ0v) is 18.9. The van der Waals surface area contributed by atoms with E-state index in [0.717, 1.165) is 32.8 Å². The molecule has 1 atom stereocenters. The summed E-state index contributed by atoms with van der Waals surface area (Å²) in [5.74, 6) is 1.65. The quantitative estimate of drug-likeness (QED) is 0.348. The van der Waals surface area contributed by atoms with Gasteiger partial charge in [0.05, 0.1) is 12.3 Å². The number of aromatic nitrogens is 5. The number of aryl methyl sites for hydroxylation is 2. The summed E-state index contributed by atoms with van der Waals surface area (Å²) in [7, 11) is 0. The van der Waals surface area contributed by atoms with Crippen LogP contribution in [0.4, 0.5) is 10.9 Å². The molecular weight excluding hydrogens is 448 g/mol. The lowest BCUT2D eigenvalue weighted by Gasteiger charge is -2.13. The minimum Gasteiger partial charge on any atom is -0.452 e. The molecule has 0 aliphatic carbocycles. The van der Waals surface area contributed by atoms with Crippen LogP contribution in [0.3, 0.4) is 0 Å². The third kappa shape index (κ3) is 5.37. The molecule has 4 aromatic heterocycles. The SMILES string of the molecule is Cc1ccc(Oc2cc(Sc3ccccn3)cnc2Nc2nc([C@H](O)CO)ns2)c(C)n1. The highest BCUT2D eigenvalue weighted by Gasteiger charge is 2.16. The van der Waals surface area contributed by atoms with Crippen LogP contribution in [0, 0.1) is 13.8 Å². The summed E-state index contributed by atoms with van der Waals surface area (Å²) < 4.78 is 10.2. The van der Waals surface area contributed by atoms with Crippen molar-refractivity contribution in [2.24, 2.45) is 0 Å². The van der Waals surface area contributed by atoms with E-state index in [2.05, 4.69) is 29.6 Å². The van der Waals surface area contributed by atoms with E-state index in [1.807, 2.05) is 50.2 Å². The average Bonchev–Trinajstić information content (AvgIpc) is 3.26. The first-order valence-electron chi connectivity index (χ1n) is 9.62. The highest BCUT2D eigenvalue weighted by molar-refractivity contribution is 7.99. The van der Waals surface area contributed by atoms with E-state index in [4.69, 9.17) is 9.84 Å². The van der Waals surface area contributed by atoms with Crippen molar-refractivity contribution in [2.45, 2.75) is 29.9 Å². The molecule has 9 nitrogen and oxygen atoms in total. The fraction of sp³-hybridized carbons (Fsp3) is 0.190. The first-order chi connectivity index (χ1) is 15.5. The van der Waals surface area contributed by atoms with Gasteiger partial charge in [-0.25, -0.2) is 15.0 Å². The van der Waals surface area contributed by atoms with Gasteiger partial charge in [-0.1, -0.05) is 17.8 Å². The number of pyridine rings is 3. The lowest BCUT2D eigenvalue weighted by atomic mass is 10.3. The lowest BCUT2D eigenvalue weighted by Crippen LogP contribution is -2.04. The minimum absolute atomic E-state index is 0.142. The minimum atomic E-state index is -1.14. The molecule has 0 radical (unpaired) electrons. The van der Waals surface area contributed by atoms with E-state index < -0.39 is 12.7 Å². The van der Waals surface area contributed by atoms with Gasteiger partial charge in [-0.15, -0.1) is 0 Å². The third-order valence-electron chi connectivity index (χ3n) is 4.22. The van der Waals surface area contributed by atoms with Crippen molar-refractivity contribution in [3.05, 3.63) is 66.0 Å². The van der Waals surface area contributed by atoms with Crippen LogP contribution in [0.1, 0.15) is 23.3 Å². The number of hydrogen-bond acceptors (Lipinski definition) is 11. The Morgan fingerprint density at radius 3 is 2.75 bits per heavy atom. The topological polar surface area (TPSA) is 126 Å². The molecule has 0 bridgehead atoms. The van der Waals surface area contributed by atoms with Gasteiger partial charge in [0.25, 0.3) is 0 Å². The molecular formula is C21H20N6O3S2. The summed E-state index contributed by atoms with van der Waals surface area (Å²) in [6.07, 6.45) is 2.31. The number of nitrogens with one attached hydrogen (secondary N) is 1. The molecule has 0 aromatic carbocycles. The van der Waals surface area contributed by atoms with Crippen molar-refractivity contribution in [3.63, 3.8) is 0 Å². The standard InChI is InChI=1S/C21H20N6O3S2/c1-12-6-7-16(13(2)24-12)30-17-9-14(31-18-5-3-4-8-22-18)10-23-20(17)26-21-25-19(27-32-21)15(29)11-28/h3-10,15,28-29H,11H2,1-2H3,(H,23,25,26,27)/t15-/m1/s1. The number of anilines is 2. The molecule has 0 fully saturated rings. The van der Waals surface area contributed by atoms with E-state index in [0.29, 0.717) is 22.4 Å². The van der Waals surface area contributed by atoms with Crippen molar-refractivity contribution in [1.82, 2.24) is 24.3 Å². The maximum atomic E-state index is 9.74. The summed E-state index contributed by atoms with van der Waals surface area (Å²) in [5, 5.41) is 23.2. The third-order valence-corrected chi connectivity index (χ3v) is 5.78. The van der Waals surface area contributed by atoms with Gasteiger partial charge in [0, 0.05) is 40.6 Å². The van der Waals surface area contributed by atoms with Gasteiger partial charge in [0.2, 0.25) is 5.13 Å². The predicted molar refractivity (Wildman–Crippen MR) is 122 cm³/mol. The zero-order chi connectivity index (χ0) is 22.5. The number of aliphatic hydroxyl groups is 2. The van der Waals surface area contributed by atoms with Crippen LogP contribution in [-0.2, 0) is 0 Å². The molecule has 0 saturated carbocycles. The van der Waals surface area contributed by atoms with Gasteiger partial charge in [0.15, 0.2) is 17.4 Å². The Kier molecular flexibility index (Phi) is 6.90. The van der Waals surface area contributed by atoms with Gasteiger partial charge in [-0.3, -0.25) is 4.98 Å². The molecule has 0 aliphatic rings. The molecule has 0 amide bonds. The van der Waals surface area contributed by atoms with Gasteiger partial charge in [0.1, 0.15) is 16.9 Å². The predicted octanol–water partition coefficient (Wildman–Crippen LogP) is 4.05. The Hall–Kier alpha value is -3.12. The summed E-state index contributed by atoms with van der Waals surface area (Å²) in [6.45, 7) is 3.34. The summed E-state index contributed by atoms with van der Waals surface area (Å²) in [6, 6.07) is 11.3. The molecule has 4 aromatic rings. The van der Waals surface area contributed by atoms with Crippen LogP contribution in [0.15, 0.2) is 58.7 Å². The summed E-state index contributed by atoms with van der Waals surface area (Å²) in [4.78, 5) is 18.3. The maximum absolute atomic E-state index is 9.74. The summed E-state index contributed by atoms with van der Waals surface area (Å²) >= 11 is 2.51. The van der Waals surface area contributed by atoms with Crippen molar-refractivity contribution >= 4 is 34.2 Å². The first kappa shape index (κ1) is 22.1. The highest BCUT2D eigenvalue weighted by atomic mass is 32.2. The first-order valence-corrected chi connectivity index (χ1v) is 11.2. The number of nitrogens with zero attached hydrogens (tertiary/aromatic N) is 5. The average molecular weight is 469 g/mol. The monoisotopic (exact) mass is 468 g/mol. The van der Waals surface area contributed by atoms with E-state index in [-0.39, 0.29) is 5.82 Å². The Morgan fingerprint density at radius 1 is 1.12 bits per heavy atom. The van der Waals surface area contributed by atoms with Crippen LogP contribution in [0.25, 0.3) is 0 Å². The fourth-order valence-electron chi connectivity index (χ4n) is 2.69. The van der Waals surface area contributed by atoms with Gasteiger partial charge >= 0.3 is 0 Å². The molecule has 0 spiro atoms. The van der Waals surface area contributed by atoms with E-state index in [9.17, 15) is 5.11 Å². The number of ether oxygens (including phenoxy) is 1. The molecule has 0 aliphatic heterocycles. The fourth-order valence-corrected chi connectivity index (χ4v) is 4.08. The second-order valence-electron chi connectivity index (χ2n) is 6.71. The number of rotatable bonds is 8. The molecule has 0 saturated heterocycles. The normalized spacial score (nSPS) is 11.9. The Bertz CT molecular complexity index is 1210. The summed E-state index contributed by atoms with van der Waals surface area (Å²) in [5.41, 5.74) is 1.65. The Balaban J connectivity index is 1.65. The maximum Gasteiger partial charge on any atom is 0.208 e. The van der Waals surface area contributed by atoms with Crippen LogP contribution in [0.2, 0.25) is 0 Å². The molecule has 32 heavy (non-hydrogen) atoms. The van der Waals surface area contributed by atoms with Crippen LogP contribution < -0.4 is 10.1 Å². The van der Waals surface area contributed by atoms with Crippen molar-refractivity contribution < 1.29 is 14.9 Å². The van der Waals surface area contributed by atoms with E-state index >= 15 is 0 Å². The van der Waals surface area contributed by atoms with Crippen molar-refractivity contribution in [2.75, 3.05) is 11.9 Å².